The van der Waals surface area contributed by atoms with Crippen LogP contribution in [-0.4, -0.2) is 28.1 Å². The number of furan rings is 1. The van der Waals surface area contributed by atoms with E-state index in [1.165, 1.54) is 6.20 Å². The number of carbonyl (C=O) groups excluding carboxylic acids is 1. The number of aryl methyl sites for hydroxylation is 1. The van der Waals surface area contributed by atoms with Gasteiger partial charge in [0.25, 0.3) is 5.91 Å². The van der Waals surface area contributed by atoms with Gasteiger partial charge in [-0.1, -0.05) is 0 Å². The van der Waals surface area contributed by atoms with Crippen LogP contribution in [-0.2, 0) is 6.54 Å². The molecule has 0 saturated heterocycles. The second-order valence-electron chi connectivity index (χ2n) is 3.78. The molecule has 5 nitrogen and oxygen atoms in total. The maximum Gasteiger partial charge on any atom is 0.257 e. The summed E-state index contributed by atoms with van der Waals surface area (Å²) in [6.07, 6.45) is 1.53. The Morgan fingerprint density at radius 3 is 2.88 bits per heavy atom. The first-order valence-electron chi connectivity index (χ1n) is 5.07. The van der Waals surface area contributed by atoms with Gasteiger partial charge in [0, 0.05) is 12.7 Å². The van der Waals surface area contributed by atoms with Gasteiger partial charge in [0.15, 0.2) is 4.67 Å². The number of nitrogens with zero attached hydrogens (tertiary/aromatic N) is 2. The smallest absolute Gasteiger partial charge is 0.257 e. The minimum atomic E-state index is -0.0798. The first-order valence-corrected chi connectivity index (χ1v) is 5.87. The van der Waals surface area contributed by atoms with Crippen molar-refractivity contribution in [2.75, 3.05) is 7.05 Å². The number of amides is 1. The van der Waals surface area contributed by atoms with Gasteiger partial charge in [-0.05, 0) is 35.0 Å². The molecule has 0 unspecified atom stereocenters. The van der Waals surface area contributed by atoms with Crippen molar-refractivity contribution in [3.8, 4) is 0 Å². The summed E-state index contributed by atoms with van der Waals surface area (Å²) < 4.78 is 6.01. The Bertz CT molecular complexity index is 532. The van der Waals surface area contributed by atoms with E-state index in [0.29, 0.717) is 16.8 Å². The number of hydrogen-bond acceptors (Lipinski definition) is 3. The van der Waals surface area contributed by atoms with E-state index in [1.54, 1.807) is 18.0 Å². The normalized spacial score (nSPS) is 10.5. The molecule has 0 bridgehead atoms. The molecule has 0 aliphatic rings. The third kappa shape index (κ3) is 2.58. The van der Waals surface area contributed by atoms with Gasteiger partial charge in [-0.25, -0.2) is 0 Å². The van der Waals surface area contributed by atoms with Crippen molar-refractivity contribution in [1.29, 1.82) is 0 Å². The molecule has 2 aromatic rings. The van der Waals surface area contributed by atoms with Crippen LogP contribution in [0.15, 0.2) is 27.4 Å². The molecule has 0 saturated carbocycles. The van der Waals surface area contributed by atoms with E-state index in [1.807, 2.05) is 13.0 Å². The van der Waals surface area contributed by atoms with Crippen molar-refractivity contribution in [2.24, 2.45) is 0 Å². The van der Waals surface area contributed by atoms with Crippen LogP contribution in [0, 0.1) is 6.92 Å². The molecule has 90 valence electrons. The SMILES string of the molecule is Cc1[nH]ncc1C(=O)N(C)Cc1ccc(Br)o1. The molecule has 0 radical (unpaired) electrons. The Kier molecular flexibility index (Phi) is 3.33. The molecule has 2 rings (SSSR count). The third-order valence-electron chi connectivity index (χ3n) is 2.43. The van der Waals surface area contributed by atoms with E-state index in [0.717, 1.165) is 11.5 Å². The van der Waals surface area contributed by atoms with Crippen molar-refractivity contribution in [3.05, 3.63) is 40.0 Å². The number of H-pyrrole nitrogens is 1. The monoisotopic (exact) mass is 297 g/mol. The van der Waals surface area contributed by atoms with Gasteiger partial charge in [0.05, 0.1) is 18.3 Å². The average Bonchev–Trinajstić information content (AvgIpc) is 2.86. The van der Waals surface area contributed by atoms with E-state index >= 15 is 0 Å². The molecular weight excluding hydrogens is 286 g/mol. The maximum atomic E-state index is 12.1. The predicted octanol–water partition coefficient (Wildman–Crippen LogP) is 2.35. The zero-order valence-corrected chi connectivity index (χ0v) is 11.1. The van der Waals surface area contributed by atoms with Gasteiger partial charge in [0.2, 0.25) is 0 Å². The number of halogens is 1. The predicted molar refractivity (Wildman–Crippen MR) is 65.5 cm³/mol. The number of hydrogen-bond donors (Lipinski definition) is 1. The largest absolute Gasteiger partial charge is 0.452 e. The lowest BCUT2D eigenvalue weighted by Gasteiger charge is -2.14. The summed E-state index contributed by atoms with van der Waals surface area (Å²) in [5, 5.41) is 6.58. The van der Waals surface area contributed by atoms with Gasteiger partial charge >= 0.3 is 0 Å². The first kappa shape index (κ1) is 11.9. The van der Waals surface area contributed by atoms with Crippen LogP contribution in [0.2, 0.25) is 0 Å². The molecular formula is C11H12BrN3O2. The van der Waals surface area contributed by atoms with Crippen LogP contribution in [0.25, 0.3) is 0 Å². The highest BCUT2D eigenvalue weighted by Gasteiger charge is 2.16. The van der Waals surface area contributed by atoms with Crippen molar-refractivity contribution < 1.29 is 9.21 Å². The van der Waals surface area contributed by atoms with Gasteiger partial charge in [0.1, 0.15) is 5.76 Å². The minimum Gasteiger partial charge on any atom is -0.452 e. The summed E-state index contributed by atoms with van der Waals surface area (Å²) in [6, 6.07) is 3.63. The lowest BCUT2D eigenvalue weighted by atomic mass is 10.2. The van der Waals surface area contributed by atoms with Gasteiger partial charge in [-0.15, -0.1) is 0 Å². The number of aromatic nitrogens is 2. The van der Waals surface area contributed by atoms with Gasteiger partial charge < -0.3 is 9.32 Å². The van der Waals surface area contributed by atoms with Crippen molar-refractivity contribution in [1.82, 2.24) is 15.1 Å². The third-order valence-corrected chi connectivity index (χ3v) is 2.86. The number of rotatable bonds is 3. The van der Waals surface area contributed by atoms with Crippen LogP contribution >= 0.6 is 15.9 Å². The lowest BCUT2D eigenvalue weighted by Crippen LogP contribution is -2.26. The highest BCUT2D eigenvalue weighted by atomic mass is 79.9. The molecule has 0 spiro atoms. The van der Waals surface area contributed by atoms with E-state index in [4.69, 9.17) is 4.42 Å². The average molecular weight is 298 g/mol. The van der Waals surface area contributed by atoms with Crippen LogP contribution in [0.1, 0.15) is 21.8 Å². The molecule has 0 fully saturated rings. The molecule has 2 heterocycles. The molecule has 1 amide bonds. The van der Waals surface area contributed by atoms with Crippen molar-refractivity contribution in [2.45, 2.75) is 13.5 Å². The Morgan fingerprint density at radius 2 is 2.35 bits per heavy atom. The number of nitrogens with one attached hydrogen (secondary N) is 1. The summed E-state index contributed by atoms with van der Waals surface area (Å²) in [7, 11) is 1.73. The summed E-state index contributed by atoms with van der Waals surface area (Å²) >= 11 is 3.22. The number of aromatic amines is 1. The zero-order chi connectivity index (χ0) is 12.4. The summed E-state index contributed by atoms with van der Waals surface area (Å²) in [4.78, 5) is 13.6. The summed E-state index contributed by atoms with van der Waals surface area (Å²) in [5.74, 6) is 0.651. The highest BCUT2D eigenvalue weighted by molar-refractivity contribution is 9.10. The quantitative estimate of drug-likeness (QED) is 0.946. The first-order chi connectivity index (χ1) is 8.08. The Hall–Kier alpha value is -1.56. The Labute approximate surface area is 107 Å². The highest BCUT2D eigenvalue weighted by Crippen LogP contribution is 2.16. The molecule has 1 N–H and O–H groups in total. The molecule has 0 atom stereocenters. The standard InChI is InChI=1S/C11H12BrN3O2/c1-7-9(5-13-14-7)11(16)15(2)6-8-3-4-10(12)17-8/h3-5H,6H2,1-2H3,(H,13,14). The van der Waals surface area contributed by atoms with E-state index < -0.39 is 0 Å². The Morgan fingerprint density at radius 1 is 1.59 bits per heavy atom. The summed E-state index contributed by atoms with van der Waals surface area (Å²) in [6.45, 7) is 2.24. The van der Waals surface area contributed by atoms with Gasteiger partial charge in [-0.2, -0.15) is 5.10 Å². The van der Waals surface area contributed by atoms with Crippen molar-refractivity contribution in [3.63, 3.8) is 0 Å². The van der Waals surface area contributed by atoms with Crippen molar-refractivity contribution >= 4 is 21.8 Å². The molecule has 17 heavy (non-hydrogen) atoms. The topological polar surface area (TPSA) is 62.1 Å². The lowest BCUT2D eigenvalue weighted by molar-refractivity contribution is 0.0774. The van der Waals surface area contributed by atoms with E-state index in [2.05, 4.69) is 26.1 Å². The fourth-order valence-electron chi connectivity index (χ4n) is 1.51. The van der Waals surface area contributed by atoms with Crippen LogP contribution < -0.4 is 0 Å². The maximum absolute atomic E-state index is 12.1. The second-order valence-corrected chi connectivity index (χ2v) is 4.56. The fourth-order valence-corrected chi connectivity index (χ4v) is 1.85. The molecule has 6 heteroatoms. The van der Waals surface area contributed by atoms with Gasteiger partial charge in [-0.3, -0.25) is 9.89 Å². The van der Waals surface area contributed by atoms with E-state index in [9.17, 15) is 4.79 Å². The fraction of sp³-hybridized carbons (Fsp3) is 0.273. The molecule has 2 aromatic heterocycles. The molecule has 0 aliphatic carbocycles. The Balaban J connectivity index is 2.08. The molecule has 0 aromatic carbocycles. The summed E-state index contributed by atoms with van der Waals surface area (Å²) in [5.41, 5.74) is 1.35. The van der Waals surface area contributed by atoms with Crippen LogP contribution in [0.4, 0.5) is 0 Å². The minimum absolute atomic E-state index is 0.0798. The van der Waals surface area contributed by atoms with E-state index in [-0.39, 0.29) is 5.91 Å². The zero-order valence-electron chi connectivity index (χ0n) is 9.53. The van der Waals surface area contributed by atoms with Crippen LogP contribution in [0.5, 0.6) is 0 Å². The second kappa shape index (κ2) is 4.75. The number of carbonyl (C=O) groups is 1. The molecule has 0 aliphatic heterocycles. The van der Waals surface area contributed by atoms with Crippen LogP contribution in [0.3, 0.4) is 0 Å².